The maximum absolute atomic E-state index is 13.5. The number of amides is 2. The number of likely N-dealkylation sites (tertiary alicyclic amines) is 2. The zero-order chi connectivity index (χ0) is 20.5. The summed E-state index contributed by atoms with van der Waals surface area (Å²) in [6.07, 6.45) is 0.973. The molecule has 7 nitrogen and oxygen atoms in total. The van der Waals surface area contributed by atoms with E-state index in [0.717, 1.165) is 19.5 Å². The minimum Gasteiger partial charge on any atom is -0.494 e. The third-order valence-electron chi connectivity index (χ3n) is 5.11. The van der Waals surface area contributed by atoms with E-state index in [0.29, 0.717) is 18.3 Å². The van der Waals surface area contributed by atoms with Gasteiger partial charge in [0.05, 0.1) is 20.2 Å². The van der Waals surface area contributed by atoms with Crippen LogP contribution in [-0.2, 0) is 9.59 Å². The molecule has 2 atom stereocenters. The van der Waals surface area contributed by atoms with E-state index in [1.807, 2.05) is 20.8 Å². The second kappa shape index (κ2) is 8.05. The molecule has 0 radical (unpaired) electrons. The number of fused-ring (bicyclic) bond motifs is 2. The Morgan fingerprint density at radius 1 is 1.14 bits per heavy atom. The summed E-state index contributed by atoms with van der Waals surface area (Å²) in [7, 11) is 1.39. The molecule has 8 heteroatoms. The van der Waals surface area contributed by atoms with Crippen LogP contribution in [0.5, 0.6) is 5.75 Å². The minimum atomic E-state index is -0.465. The van der Waals surface area contributed by atoms with Crippen LogP contribution in [0, 0.1) is 5.82 Å². The molecule has 2 bridgehead atoms. The van der Waals surface area contributed by atoms with Gasteiger partial charge in [0.25, 0.3) is 0 Å². The largest absolute Gasteiger partial charge is 0.494 e. The number of methoxy groups -OCH3 is 1. The Balaban J connectivity index is 1.48. The van der Waals surface area contributed by atoms with E-state index in [1.54, 1.807) is 0 Å². The molecular formula is C20H29FN4O3. The maximum Gasteiger partial charge on any atom is 0.238 e. The molecule has 3 rings (SSSR count). The van der Waals surface area contributed by atoms with Gasteiger partial charge in [-0.1, -0.05) is 0 Å². The highest BCUT2D eigenvalue weighted by molar-refractivity contribution is 5.92. The number of anilines is 1. The second-order valence-corrected chi connectivity index (χ2v) is 8.60. The van der Waals surface area contributed by atoms with Crippen molar-refractivity contribution in [2.24, 2.45) is 0 Å². The summed E-state index contributed by atoms with van der Waals surface area (Å²) < 4.78 is 18.4. The standard InChI is InChI=1S/C20H29FN4O3/c1-20(2,3)23-19(27)12-25-10-14-8-15(25)9-24(14)11-18(26)22-13-5-6-16(21)17(7-13)28-4/h5-7,14-15H,8-12H2,1-4H3,(H,22,26)(H,23,27)/t14-,15-/m0/s1. The van der Waals surface area contributed by atoms with E-state index in [-0.39, 0.29) is 35.7 Å². The Morgan fingerprint density at radius 3 is 2.29 bits per heavy atom. The van der Waals surface area contributed by atoms with Crippen LogP contribution in [0.4, 0.5) is 10.1 Å². The number of hydrogen-bond donors (Lipinski definition) is 2. The molecule has 0 aliphatic carbocycles. The van der Waals surface area contributed by atoms with Gasteiger partial charge in [0.2, 0.25) is 11.8 Å². The Hall–Kier alpha value is -2.19. The Morgan fingerprint density at radius 2 is 1.75 bits per heavy atom. The molecular weight excluding hydrogens is 363 g/mol. The number of piperazine rings is 1. The molecule has 2 amide bonds. The van der Waals surface area contributed by atoms with Crippen molar-refractivity contribution in [2.45, 2.75) is 44.8 Å². The van der Waals surface area contributed by atoms with Gasteiger partial charge >= 0.3 is 0 Å². The van der Waals surface area contributed by atoms with Crippen LogP contribution in [-0.4, -0.2) is 72.5 Å². The van der Waals surface area contributed by atoms with Crippen LogP contribution >= 0.6 is 0 Å². The first-order chi connectivity index (χ1) is 13.1. The Kier molecular flexibility index (Phi) is 5.90. The van der Waals surface area contributed by atoms with Crippen molar-refractivity contribution in [3.05, 3.63) is 24.0 Å². The summed E-state index contributed by atoms with van der Waals surface area (Å²) in [6, 6.07) is 4.84. The molecule has 2 aliphatic rings. The third-order valence-corrected chi connectivity index (χ3v) is 5.11. The lowest BCUT2D eigenvalue weighted by atomic mass is 10.1. The first kappa shape index (κ1) is 20.5. The summed E-state index contributed by atoms with van der Waals surface area (Å²) in [5, 5.41) is 5.79. The lowest BCUT2D eigenvalue weighted by Crippen LogP contribution is -2.52. The Labute approximate surface area is 165 Å². The van der Waals surface area contributed by atoms with Crippen molar-refractivity contribution in [1.29, 1.82) is 0 Å². The van der Waals surface area contributed by atoms with Gasteiger partial charge in [-0.2, -0.15) is 0 Å². The lowest BCUT2D eigenvalue weighted by molar-refractivity contribution is -0.124. The predicted octanol–water partition coefficient (Wildman–Crippen LogP) is 1.45. The number of rotatable bonds is 6. The van der Waals surface area contributed by atoms with Crippen LogP contribution in [0.1, 0.15) is 27.2 Å². The second-order valence-electron chi connectivity index (χ2n) is 8.60. The zero-order valence-electron chi connectivity index (χ0n) is 16.9. The molecule has 0 spiro atoms. The van der Waals surface area contributed by atoms with Gasteiger partial charge in [-0.05, 0) is 39.3 Å². The van der Waals surface area contributed by atoms with E-state index in [4.69, 9.17) is 4.74 Å². The van der Waals surface area contributed by atoms with Crippen molar-refractivity contribution in [3.63, 3.8) is 0 Å². The number of nitrogens with one attached hydrogen (secondary N) is 2. The molecule has 2 saturated heterocycles. The SMILES string of the molecule is COc1cc(NC(=O)CN2C[C@@H]3C[C@H]2CN3CC(=O)NC(C)(C)C)ccc1F. The van der Waals surface area contributed by atoms with Gasteiger partial charge in [0, 0.05) is 42.5 Å². The number of hydrogen-bond acceptors (Lipinski definition) is 5. The van der Waals surface area contributed by atoms with Crippen molar-refractivity contribution in [1.82, 2.24) is 15.1 Å². The van der Waals surface area contributed by atoms with Gasteiger partial charge in [-0.15, -0.1) is 0 Å². The highest BCUT2D eigenvalue weighted by Crippen LogP contribution is 2.30. The molecule has 28 heavy (non-hydrogen) atoms. The number of halogens is 1. The van der Waals surface area contributed by atoms with E-state index < -0.39 is 5.82 Å². The molecule has 0 aromatic heterocycles. The number of nitrogens with zero attached hydrogens (tertiary/aromatic N) is 2. The van der Waals surface area contributed by atoms with Gasteiger partial charge in [0.15, 0.2) is 11.6 Å². The molecule has 154 valence electrons. The molecule has 2 N–H and O–H groups in total. The molecule has 0 unspecified atom stereocenters. The van der Waals surface area contributed by atoms with E-state index in [1.165, 1.54) is 25.3 Å². The molecule has 2 aliphatic heterocycles. The normalized spacial score (nSPS) is 22.3. The summed E-state index contributed by atoms with van der Waals surface area (Å²) in [4.78, 5) is 28.9. The van der Waals surface area contributed by atoms with Crippen LogP contribution in [0.15, 0.2) is 18.2 Å². The van der Waals surface area contributed by atoms with Crippen LogP contribution in [0.25, 0.3) is 0 Å². The van der Waals surface area contributed by atoms with Crippen molar-refractivity contribution >= 4 is 17.5 Å². The number of ether oxygens (including phenoxy) is 1. The molecule has 1 aromatic carbocycles. The first-order valence-electron chi connectivity index (χ1n) is 9.57. The predicted molar refractivity (Wildman–Crippen MR) is 105 cm³/mol. The first-order valence-corrected chi connectivity index (χ1v) is 9.57. The minimum absolute atomic E-state index is 0.0367. The van der Waals surface area contributed by atoms with E-state index >= 15 is 0 Å². The average Bonchev–Trinajstić information content (AvgIpc) is 3.14. The molecule has 1 aromatic rings. The van der Waals surface area contributed by atoms with Crippen molar-refractivity contribution in [3.8, 4) is 5.75 Å². The van der Waals surface area contributed by atoms with Crippen molar-refractivity contribution in [2.75, 3.05) is 38.6 Å². The van der Waals surface area contributed by atoms with Gasteiger partial charge in [0.1, 0.15) is 0 Å². The molecule has 2 heterocycles. The zero-order valence-corrected chi connectivity index (χ0v) is 16.9. The summed E-state index contributed by atoms with van der Waals surface area (Å²) in [5.74, 6) is -0.469. The van der Waals surface area contributed by atoms with Crippen LogP contribution < -0.4 is 15.4 Å². The monoisotopic (exact) mass is 392 g/mol. The topological polar surface area (TPSA) is 73.9 Å². The number of carbonyl (C=O) groups excluding carboxylic acids is 2. The smallest absolute Gasteiger partial charge is 0.238 e. The fourth-order valence-electron chi connectivity index (χ4n) is 3.98. The number of carbonyl (C=O) groups is 2. The number of benzene rings is 1. The molecule has 2 fully saturated rings. The summed E-state index contributed by atoms with van der Waals surface area (Å²) in [6.45, 7) is 8.15. The Bertz CT molecular complexity index is 749. The van der Waals surface area contributed by atoms with Gasteiger partial charge < -0.3 is 15.4 Å². The van der Waals surface area contributed by atoms with E-state index in [2.05, 4.69) is 20.4 Å². The van der Waals surface area contributed by atoms with Crippen molar-refractivity contribution < 1.29 is 18.7 Å². The van der Waals surface area contributed by atoms with Gasteiger partial charge in [-0.3, -0.25) is 19.4 Å². The average molecular weight is 392 g/mol. The highest BCUT2D eigenvalue weighted by Gasteiger charge is 2.44. The fraction of sp³-hybridized carbons (Fsp3) is 0.600. The van der Waals surface area contributed by atoms with Gasteiger partial charge in [-0.25, -0.2) is 4.39 Å². The maximum atomic E-state index is 13.5. The lowest BCUT2D eigenvalue weighted by Gasteiger charge is -2.34. The fourth-order valence-corrected chi connectivity index (χ4v) is 3.98. The summed E-state index contributed by atoms with van der Waals surface area (Å²) >= 11 is 0. The summed E-state index contributed by atoms with van der Waals surface area (Å²) in [5.41, 5.74) is 0.274. The molecule has 0 saturated carbocycles. The third kappa shape index (κ3) is 4.99. The van der Waals surface area contributed by atoms with Crippen LogP contribution in [0.2, 0.25) is 0 Å². The van der Waals surface area contributed by atoms with Crippen LogP contribution in [0.3, 0.4) is 0 Å². The van der Waals surface area contributed by atoms with E-state index in [9.17, 15) is 14.0 Å². The highest BCUT2D eigenvalue weighted by atomic mass is 19.1. The quantitative estimate of drug-likeness (QED) is 0.767.